The molecule has 0 heterocycles. The molecular formula is C8H18O6P2. The average Bonchev–Trinajstić information content (AvgIpc) is 1.97. The molecule has 0 spiro atoms. The van der Waals surface area contributed by atoms with Gasteiger partial charge in [-0.2, -0.15) is 0 Å². The van der Waals surface area contributed by atoms with Gasteiger partial charge in [0.15, 0.2) is 0 Å². The van der Waals surface area contributed by atoms with Crippen molar-refractivity contribution in [3.63, 3.8) is 0 Å². The van der Waals surface area contributed by atoms with Crippen molar-refractivity contribution in [2.24, 2.45) is 0 Å². The minimum absolute atomic E-state index is 0.589. The maximum Gasteiger partial charge on any atom is 0.252 e. The average molecular weight is 272 g/mol. The topological polar surface area (TPSA) is 115 Å². The Bertz CT molecular complexity index is 337. The fourth-order valence-electron chi connectivity index (χ4n) is 0.546. The molecule has 0 saturated carbocycles. The Morgan fingerprint density at radius 1 is 0.812 bits per heavy atom. The van der Waals surface area contributed by atoms with Gasteiger partial charge in [0.05, 0.1) is 0 Å². The Kier molecular flexibility index (Phi) is 4.38. The van der Waals surface area contributed by atoms with E-state index in [1.54, 1.807) is 0 Å². The molecule has 0 aromatic rings. The van der Waals surface area contributed by atoms with Gasteiger partial charge in [0.25, 0.3) is 14.7 Å². The number of hydrogen-bond acceptors (Lipinski definition) is 4. The van der Waals surface area contributed by atoms with E-state index >= 15 is 0 Å². The maximum atomic E-state index is 11.5. The smallest absolute Gasteiger partial charge is 0.252 e. The van der Waals surface area contributed by atoms with Crippen LogP contribution in [0.25, 0.3) is 0 Å². The van der Waals surface area contributed by atoms with Crippen molar-refractivity contribution in [2.75, 3.05) is 0 Å². The van der Waals surface area contributed by atoms with E-state index in [9.17, 15) is 29.1 Å². The highest BCUT2D eigenvalue weighted by atomic mass is 31.2. The van der Waals surface area contributed by atoms with E-state index in [0.29, 0.717) is 11.6 Å². The van der Waals surface area contributed by atoms with Crippen LogP contribution in [0.1, 0.15) is 27.7 Å². The van der Waals surface area contributed by atoms with Crippen LogP contribution in [0.3, 0.4) is 0 Å². The molecule has 0 aliphatic carbocycles. The molecule has 0 fully saturated rings. The summed E-state index contributed by atoms with van der Waals surface area (Å²) in [6.45, 7) is 4.46. The minimum atomic E-state index is -4.11. The molecule has 4 N–H and O–H groups in total. The molecule has 6 nitrogen and oxygen atoms in total. The predicted molar refractivity (Wildman–Crippen MR) is 61.4 cm³/mol. The number of aliphatic hydroxyl groups is 2. The molecule has 96 valence electrons. The van der Waals surface area contributed by atoms with Crippen LogP contribution in [0.15, 0.2) is 11.6 Å². The summed E-state index contributed by atoms with van der Waals surface area (Å²) in [5.41, 5.74) is 0. The molecule has 0 saturated heterocycles. The third kappa shape index (κ3) is 3.81. The predicted octanol–water partition coefficient (Wildman–Crippen LogP) is 1.46. The van der Waals surface area contributed by atoms with Gasteiger partial charge in [-0.3, -0.25) is 9.13 Å². The van der Waals surface area contributed by atoms with Crippen LogP contribution in [0, 0.1) is 0 Å². The second-order valence-corrected chi connectivity index (χ2v) is 9.81. The highest BCUT2D eigenvalue weighted by Crippen LogP contribution is 2.60. The molecule has 2 unspecified atom stereocenters. The molecule has 8 heteroatoms. The molecule has 0 bridgehead atoms. The largest absolute Gasteiger partial charge is 0.380 e. The normalized spacial score (nSPS) is 21.8. The Morgan fingerprint density at radius 3 is 1.12 bits per heavy atom. The van der Waals surface area contributed by atoms with E-state index < -0.39 is 25.4 Å². The summed E-state index contributed by atoms with van der Waals surface area (Å²) in [6, 6.07) is 0. The van der Waals surface area contributed by atoms with Gasteiger partial charge in [-0.25, -0.2) is 0 Å². The van der Waals surface area contributed by atoms with E-state index in [0.717, 1.165) is 27.7 Å². The molecular weight excluding hydrogens is 254 g/mol. The first-order valence-corrected chi connectivity index (χ1v) is 7.97. The number of rotatable bonds is 4. The molecule has 0 radical (unpaired) electrons. The fourth-order valence-corrected chi connectivity index (χ4v) is 2.72. The molecule has 0 rings (SSSR count). The van der Waals surface area contributed by atoms with Crippen molar-refractivity contribution in [3.05, 3.63) is 11.6 Å². The fraction of sp³-hybridized carbons (Fsp3) is 0.750. The Labute approximate surface area is 94.5 Å². The third-order valence-electron chi connectivity index (χ3n) is 2.04. The number of hydrogen-bond donors (Lipinski definition) is 4. The van der Waals surface area contributed by atoms with Crippen LogP contribution < -0.4 is 0 Å². The summed E-state index contributed by atoms with van der Waals surface area (Å²) in [5, 5.41) is 14.9. The van der Waals surface area contributed by atoms with Gasteiger partial charge in [-0.15, -0.1) is 0 Å². The zero-order valence-corrected chi connectivity index (χ0v) is 11.4. The summed E-state index contributed by atoms with van der Waals surface area (Å²) in [7, 11) is -8.22. The van der Waals surface area contributed by atoms with E-state index in [1.807, 2.05) is 0 Å². The van der Waals surface area contributed by atoms with Crippen molar-refractivity contribution in [1.29, 1.82) is 0 Å². The second kappa shape index (κ2) is 4.37. The van der Waals surface area contributed by atoms with Gasteiger partial charge in [0.1, 0.15) is 10.7 Å². The highest BCUT2D eigenvalue weighted by molar-refractivity contribution is 7.66. The second-order valence-electron chi connectivity index (χ2n) is 4.53. The van der Waals surface area contributed by atoms with Crippen LogP contribution in [0.5, 0.6) is 0 Å². The van der Waals surface area contributed by atoms with Crippen molar-refractivity contribution in [2.45, 2.75) is 38.4 Å². The third-order valence-corrected chi connectivity index (χ3v) is 6.52. The van der Waals surface area contributed by atoms with E-state index in [-0.39, 0.29) is 0 Å². The Balaban J connectivity index is 5.18. The lowest BCUT2D eigenvalue weighted by molar-refractivity contribution is 0.149. The van der Waals surface area contributed by atoms with Gasteiger partial charge < -0.3 is 20.0 Å². The van der Waals surface area contributed by atoms with Crippen LogP contribution in [-0.4, -0.2) is 30.7 Å². The Morgan fingerprint density at radius 2 is 1.00 bits per heavy atom. The summed E-state index contributed by atoms with van der Waals surface area (Å²) in [4.78, 5) is 18.8. The van der Waals surface area contributed by atoms with Gasteiger partial charge in [0.2, 0.25) is 0 Å². The van der Waals surface area contributed by atoms with Crippen molar-refractivity contribution in [3.8, 4) is 0 Å². The molecule has 0 amide bonds. The summed E-state index contributed by atoms with van der Waals surface area (Å²) >= 11 is 0. The first-order valence-electron chi connectivity index (χ1n) is 4.51. The molecule has 16 heavy (non-hydrogen) atoms. The zero-order valence-electron chi connectivity index (χ0n) is 9.65. The Hall–Kier alpha value is 0.0400. The molecule has 0 aliphatic rings. The SMILES string of the molecule is CC(C)(O)P(=O)(O)/C=C/P(=O)(O)C(C)(C)O. The van der Waals surface area contributed by atoms with Gasteiger partial charge >= 0.3 is 0 Å². The van der Waals surface area contributed by atoms with Gasteiger partial charge in [0, 0.05) is 11.6 Å². The standard InChI is InChI=1S/C8H18O6P2/c1-7(2,9)15(11,12)5-6-16(13,14)8(3,4)10/h5-6,9-10H,1-4H3,(H,11,12)(H,13,14)/b6-5+. The lowest BCUT2D eigenvalue weighted by atomic mass is 10.5. The van der Waals surface area contributed by atoms with Crippen molar-refractivity contribution >= 4 is 14.7 Å². The van der Waals surface area contributed by atoms with E-state index in [1.165, 1.54) is 0 Å². The summed E-state index contributed by atoms with van der Waals surface area (Å²) < 4.78 is 23.0. The van der Waals surface area contributed by atoms with Crippen LogP contribution in [0.4, 0.5) is 0 Å². The maximum absolute atomic E-state index is 11.5. The summed E-state index contributed by atoms with van der Waals surface area (Å²) in [6.07, 6.45) is 0. The molecule has 0 aromatic carbocycles. The quantitative estimate of drug-likeness (QED) is 0.576. The van der Waals surface area contributed by atoms with E-state index in [2.05, 4.69) is 0 Å². The van der Waals surface area contributed by atoms with Gasteiger partial charge in [-0.1, -0.05) is 0 Å². The lowest BCUT2D eigenvalue weighted by Gasteiger charge is -2.24. The van der Waals surface area contributed by atoms with Crippen molar-refractivity contribution in [1.82, 2.24) is 0 Å². The van der Waals surface area contributed by atoms with Crippen LogP contribution in [-0.2, 0) is 9.13 Å². The van der Waals surface area contributed by atoms with Gasteiger partial charge in [-0.05, 0) is 27.7 Å². The van der Waals surface area contributed by atoms with Crippen LogP contribution >= 0.6 is 14.7 Å². The lowest BCUT2D eigenvalue weighted by Crippen LogP contribution is -2.19. The van der Waals surface area contributed by atoms with Crippen LogP contribution in [0.2, 0.25) is 0 Å². The zero-order chi connectivity index (χ0) is 13.4. The molecule has 2 atom stereocenters. The highest BCUT2D eigenvalue weighted by Gasteiger charge is 2.38. The molecule has 0 aromatic heterocycles. The first-order chi connectivity index (χ1) is 6.71. The monoisotopic (exact) mass is 272 g/mol. The first kappa shape index (κ1) is 16.0. The molecule has 0 aliphatic heterocycles. The summed E-state index contributed by atoms with van der Waals surface area (Å²) in [5.74, 6) is 1.18. The minimum Gasteiger partial charge on any atom is -0.380 e. The van der Waals surface area contributed by atoms with E-state index in [4.69, 9.17) is 0 Å². The van der Waals surface area contributed by atoms with Crippen molar-refractivity contribution < 1.29 is 29.1 Å².